The zero-order chi connectivity index (χ0) is 15.3. The SMILES string of the molecule is O=C([C@@H]1Cc2ccccc2CN1C(=O)O)N1CC2(CCC2)C1. The summed E-state index contributed by atoms with van der Waals surface area (Å²) >= 11 is 0. The number of rotatable bonds is 1. The summed E-state index contributed by atoms with van der Waals surface area (Å²) < 4.78 is 0. The van der Waals surface area contributed by atoms with Crippen molar-refractivity contribution in [3.63, 3.8) is 0 Å². The van der Waals surface area contributed by atoms with Crippen LogP contribution >= 0.6 is 0 Å². The summed E-state index contributed by atoms with van der Waals surface area (Å²) in [6.45, 7) is 1.94. The number of carboxylic acid groups (broad SMARTS) is 1. The van der Waals surface area contributed by atoms with E-state index in [1.54, 1.807) is 0 Å². The average molecular weight is 300 g/mol. The van der Waals surface area contributed by atoms with Gasteiger partial charge in [0.05, 0.1) is 6.54 Å². The van der Waals surface area contributed by atoms with Crippen LogP contribution in [0.5, 0.6) is 0 Å². The standard InChI is InChI=1S/C17H20N2O3/c20-15(18-10-17(11-18)6-3-7-17)14-8-12-4-1-2-5-13(12)9-19(14)16(21)22/h1-2,4-5,14H,3,6-11H2,(H,21,22)/t14-/m0/s1. The Morgan fingerprint density at radius 2 is 1.82 bits per heavy atom. The molecule has 2 amide bonds. The average Bonchev–Trinajstić information content (AvgIpc) is 2.42. The molecule has 4 rings (SSSR count). The Balaban J connectivity index is 1.54. The number of amides is 2. The molecule has 1 saturated heterocycles. The van der Waals surface area contributed by atoms with Crippen LogP contribution in [0.1, 0.15) is 30.4 Å². The lowest BCUT2D eigenvalue weighted by molar-refractivity contribution is -0.155. The van der Waals surface area contributed by atoms with E-state index < -0.39 is 12.1 Å². The second kappa shape index (κ2) is 4.73. The third-order valence-corrected chi connectivity index (χ3v) is 5.56. The monoisotopic (exact) mass is 300 g/mol. The molecule has 0 radical (unpaired) electrons. The molecule has 0 bridgehead atoms. The molecule has 22 heavy (non-hydrogen) atoms. The fraction of sp³-hybridized carbons (Fsp3) is 0.529. The molecule has 1 aromatic carbocycles. The fourth-order valence-electron chi connectivity index (χ4n) is 4.07. The molecule has 1 N–H and O–H groups in total. The highest BCUT2D eigenvalue weighted by Crippen LogP contribution is 2.48. The zero-order valence-corrected chi connectivity index (χ0v) is 12.5. The maximum absolute atomic E-state index is 12.8. The van der Waals surface area contributed by atoms with E-state index >= 15 is 0 Å². The van der Waals surface area contributed by atoms with Crippen LogP contribution < -0.4 is 0 Å². The molecule has 1 atom stereocenters. The number of hydrogen-bond acceptors (Lipinski definition) is 2. The van der Waals surface area contributed by atoms with Crippen LogP contribution in [0.3, 0.4) is 0 Å². The first-order chi connectivity index (χ1) is 10.6. The maximum atomic E-state index is 12.8. The topological polar surface area (TPSA) is 60.9 Å². The minimum absolute atomic E-state index is 0.0190. The summed E-state index contributed by atoms with van der Waals surface area (Å²) in [5, 5.41) is 9.47. The van der Waals surface area contributed by atoms with Gasteiger partial charge in [0.25, 0.3) is 0 Å². The Morgan fingerprint density at radius 1 is 1.14 bits per heavy atom. The molecular weight excluding hydrogens is 280 g/mol. The van der Waals surface area contributed by atoms with Gasteiger partial charge in [-0.15, -0.1) is 0 Å². The quantitative estimate of drug-likeness (QED) is 0.864. The Labute approximate surface area is 129 Å². The third-order valence-electron chi connectivity index (χ3n) is 5.56. The molecule has 3 aliphatic rings. The van der Waals surface area contributed by atoms with Gasteiger partial charge < -0.3 is 10.0 Å². The Morgan fingerprint density at radius 3 is 2.41 bits per heavy atom. The zero-order valence-electron chi connectivity index (χ0n) is 12.5. The van der Waals surface area contributed by atoms with Gasteiger partial charge in [-0.05, 0) is 24.0 Å². The molecule has 0 aromatic heterocycles. The summed E-state index contributed by atoms with van der Waals surface area (Å²) in [5.74, 6) is -0.0190. The van der Waals surface area contributed by atoms with Crippen molar-refractivity contribution in [1.82, 2.24) is 9.80 Å². The number of carbonyl (C=O) groups is 2. The number of carbonyl (C=O) groups excluding carboxylic acids is 1. The maximum Gasteiger partial charge on any atom is 0.408 e. The van der Waals surface area contributed by atoms with E-state index in [0.717, 1.165) is 24.2 Å². The molecule has 2 aliphatic heterocycles. The second-order valence-electron chi connectivity index (χ2n) is 6.95. The van der Waals surface area contributed by atoms with E-state index in [2.05, 4.69) is 0 Å². The van der Waals surface area contributed by atoms with Gasteiger partial charge in [-0.3, -0.25) is 9.69 Å². The first kappa shape index (κ1) is 13.6. The summed E-state index contributed by atoms with van der Waals surface area (Å²) in [5.41, 5.74) is 2.47. The lowest BCUT2D eigenvalue weighted by Gasteiger charge is -2.57. The van der Waals surface area contributed by atoms with Gasteiger partial charge in [-0.2, -0.15) is 0 Å². The van der Waals surface area contributed by atoms with Gasteiger partial charge in [-0.25, -0.2) is 4.79 Å². The summed E-state index contributed by atoms with van der Waals surface area (Å²) in [7, 11) is 0. The second-order valence-corrected chi connectivity index (χ2v) is 6.95. The van der Waals surface area contributed by atoms with Crippen LogP contribution in [0.2, 0.25) is 0 Å². The van der Waals surface area contributed by atoms with Gasteiger partial charge in [0.1, 0.15) is 6.04 Å². The van der Waals surface area contributed by atoms with Crippen molar-refractivity contribution in [3.8, 4) is 0 Å². The van der Waals surface area contributed by atoms with Crippen molar-refractivity contribution in [2.24, 2.45) is 5.41 Å². The summed E-state index contributed by atoms with van der Waals surface area (Å²) in [4.78, 5) is 27.5. The Kier molecular flexibility index (Phi) is 2.93. The lowest BCUT2D eigenvalue weighted by atomic mass is 9.63. The molecule has 1 spiro atoms. The van der Waals surface area contributed by atoms with Gasteiger partial charge >= 0.3 is 6.09 Å². The minimum Gasteiger partial charge on any atom is -0.465 e. The lowest BCUT2D eigenvalue weighted by Crippen LogP contribution is -2.65. The molecule has 0 unspecified atom stereocenters. The van der Waals surface area contributed by atoms with Gasteiger partial charge in [0.15, 0.2) is 0 Å². The highest BCUT2D eigenvalue weighted by molar-refractivity contribution is 5.87. The molecule has 2 heterocycles. The van der Waals surface area contributed by atoms with E-state index in [9.17, 15) is 14.7 Å². The van der Waals surface area contributed by atoms with Crippen LogP contribution in [0, 0.1) is 5.41 Å². The smallest absolute Gasteiger partial charge is 0.408 e. The van der Waals surface area contributed by atoms with Crippen molar-refractivity contribution >= 4 is 12.0 Å². The van der Waals surface area contributed by atoms with Crippen molar-refractivity contribution in [2.75, 3.05) is 13.1 Å². The number of fused-ring (bicyclic) bond motifs is 1. The fourth-order valence-corrected chi connectivity index (χ4v) is 4.07. The van der Waals surface area contributed by atoms with Crippen molar-refractivity contribution in [1.29, 1.82) is 0 Å². The van der Waals surface area contributed by atoms with Crippen LogP contribution in [0.25, 0.3) is 0 Å². The van der Waals surface area contributed by atoms with E-state index in [1.807, 2.05) is 29.2 Å². The third kappa shape index (κ3) is 1.99. The van der Waals surface area contributed by atoms with Gasteiger partial charge in [0, 0.05) is 24.9 Å². The molecule has 2 fully saturated rings. The highest BCUT2D eigenvalue weighted by Gasteiger charge is 2.51. The summed E-state index contributed by atoms with van der Waals surface area (Å²) in [6, 6.07) is 7.24. The normalized spacial score (nSPS) is 25.2. The van der Waals surface area contributed by atoms with Crippen LogP contribution in [0.4, 0.5) is 4.79 Å². The minimum atomic E-state index is -1.01. The van der Waals surface area contributed by atoms with Gasteiger partial charge in [0.2, 0.25) is 5.91 Å². The number of benzene rings is 1. The van der Waals surface area contributed by atoms with E-state index in [-0.39, 0.29) is 5.91 Å². The number of nitrogens with zero attached hydrogens (tertiary/aromatic N) is 2. The molecule has 116 valence electrons. The number of likely N-dealkylation sites (tertiary alicyclic amines) is 1. The Bertz CT molecular complexity index is 631. The summed E-state index contributed by atoms with van der Waals surface area (Å²) in [6.07, 6.45) is 3.18. The van der Waals surface area contributed by atoms with Crippen LogP contribution in [-0.4, -0.2) is 46.0 Å². The van der Waals surface area contributed by atoms with E-state index in [1.165, 1.54) is 24.2 Å². The largest absolute Gasteiger partial charge is 0.465 e. The first-order valence-corrected chi connectivity index (χ1v) is 7.93. The highest BCUT2D eigenvalue weighted by atomic mass is 16.4. The van der Waals surface area contributed by atoms with Crippen molar-refractivity contribution in [2.45, 2.75) is 38.3 Å². The molecule has 5 heteroatoms. The predicted octanol–water partition coefficient (Wildman–Crippen LogP) is 2.10. The van der Waals surface area contributed by atoms with Crippen molar-refractivity contribution < 1.29 is 14.7 Å². The molecule has 1 aromatic rings. The molecule has 1 saturated carbocycles. The predicted molar refractivity (Wildman–Crippen MR) is 80.4 cm³/mol. The van der Waals surface area contributed by atoms with Crippen LogP contribution in [-0.2, 0) is 17.8 Å². The Hall–Kier alpha value is -2.04. The molecular formula is C17H20N2O3. The molecule has 1 aliphatic carbocycles. The van der Waals surface area contributed by atoms with Gasteiger partial charge in [-0.1, -0.05) is 30.7 Å². The first-order valence-electron chi connectivity index (χ1n) is 7.93. The number of hydrogen-bond donors (Lipinski definition) is 1. The van der Waals surface area contributed by atoms with E-state index in [4.69, 9.17) is 0 Å². The molecule has 5 nitrogen and oxygen atoms in total. The van der Waals surface area contributed by atoms with Crippen LogP contribution in [0.15, 0.2) is 24.3 Å². The van der Waals surface area contributed by atoms with Crippen molar-refractivity contribution in [3.05, 3.63) is 35.4 Å². The van der Waals surface area contributed by atoms with E-state index in [0.29, 0.717) is 18.4 Å².